The Morgan fingerprint density at radius 3 is 2.08 bits per heavy atom. The number of carboxylic acids is 1. The molecule has 0 aliphatic rings. The van der Waals surface area contributed by atoms with Crippen LogP contribution in [0.2, 0.25) is 0 Å². The predicted octanol–water partition coefficient (Wildman–Crippen LogP) is 2.15. The summed E-state index contributed by atoms with van der Waals surface area (Å²) >= 11 is 0. The van der Waals surface area contributed by atoms with Gasteiger partial charge < -0.3 is 5.11 Å². The molecule has 3 heteroatoms. The molecule has 0 unspecified atom stereocenters. The van der Waals surface area contributed by atoms with Crippen LogP contribution in [0.25, 0.3) is 0 Å². The average molecular weight is 381 g/mol. The van der Waals surface area contributed by atoms with Crippen molar-refractivity contribution in [2.45, 2.75) is 52.9 Å². The molecule has 13 heavy (non-hydrogen) atoms. The van der Waals surface area contributed by atoms with Gasteiger partial charge in [-0.15, -0.1) is 0 Å². The molecule has 78 valence electrons. The monoisotopic (exact) mass is 382 g/mol. The summed E-state index contributed by atoms with van der Waals surface area (Å²) in [6.45, 7) is 6.64. The standard InChI is InChI=1S/C10H20O2.Pb.2H/c1-10(2,3)8-6-4-5-7-9(11)12;;;/h4-8H2,1-3H3,(H,11,12);;;. The van der Waals surface area contributed by atoms with Gasteiger partial charge in [-0.05, 0) is 18.3 Å². The van der Waals surface area contributed by atoms with E-state index in [0.29, 0.717) is 11.8 Å². The molecule has 0 aromatic carbocycles. The zero-order chi connectivity index (χ0) is 9.61. The Kier molecular flexibility index (Phi) is 9.46. The third-order valence-electron chi connectivity index (χ3n) is 1.82. The molecule has 2 radical (unpaired) electrons. The van der Waals surface area contributed by atoms with E-state index in [1.54, 1.807) is 0 Å². The number of unbranched alkanes of at least 4 members (excludes halogenated alkanes) is 2. The second kappa shape index (κ2) is 7.76. The first-order chi connectivity index (χ1) is 5.42. The van der Waals surface area contributed by atoms with Gasteiger partial charge in [-0.2, -0.15) is 0 Å². The molecule has 0 saturated carbocycles. The normalized spacial score (nSPS) is 10.7. The summed E-state index contributed by atoms with van der Waals surface area (Å²) in [7, 11) is 0. The van der Waals surface area contributed by atoms with Crippen LogP contribution in [-0.4, -0.2) is 38.4 Å². The van der Waals surface area contributed by atoms with Crippen LogP contribution in [0.5, 0.6) is 0 Å². The van der Waals surface area contributed by atoms with Gasteiger partial charge in [0.2, 0.25) is 0 Å². The van der Waals surface area contributed by atoms with Crippen LogP contribution >= 0.6 is 0 Å². The maximum atomic E-state index is 10.2. The van der Waals surface area contributed by atoms with Crippen LogP contribution < -0.4 is 0 Å². The average Bonchev–Trinajstić information content (AvgIpc) is 1.83. The van der Waals surface area contributed by atoms with Crippen molar-refractivity contribution < 1.29 is 9.90 Å². The molecule has 1 N–H and O–H groups in total. The van der Waals surface area contributed by atoms with Gasteiger partial charge in [-0.1, -0.05) is 33.6 Å². The quantitative estimate of drug-likeness (QED) is 0.585. The molecule has 0 atom stereocenters. The molecule has 0 saturated heterocycles. The second-order valence-corrected chi connectivity index (χ2v) is 4.52. The molecular formula is C10H22O2Pb. The van der Waals surface area contributed by atoms with E-state index in [-0.39, 0.29) is 27.3 Å². The number of aliphatic carboxylic acids is 1. The molecule has 0 aromatic rings. The Bertz CT molecular complexity index is 138. The van der Waals surface area contributed by atoms with Gasteiger partial charge in [-0.3, -0.25) is 4.79 Å². The van der Waals surface area contributed by atoms with Crippen molar-refractivity contribution in [3.8, 4) is 0 Å². The van der Waals surface area contributed by atoms with E-state index < -0.39 is 5.97 Å². The second-order valence-electron chi connectivity index (χ2n) is 4.52. The summed E-state index contributed by atoms with van der Waals surface area (Å²) in [5, 5.41) is 8.37. The van der Waals surface area contributed by atoms with Gasteiger partial charge >= 0.3 is 33.3 Å². The van der Waals surface area contributed by atoms with Crippen molar-refractivity contribution in [3.63, 3.8) is 0 Å². The fourth-order valence-electron chi connectivity index (χ4n) is 1.11. The number of carboxylic acid groups (broad SMARTS) is 1. The van der Waals surface area contributed by atoms with Crippen molar-refractivity contribution in [1.29, 1.82) is 0 Å². The first-order valence-electron chi connectivity index (χ1n) is 4.63. The van der Waals surface area contributed by atoms with Crippen LogP contribution in [0.4, 0.5) is 0 Å². The zero-order valence-corrected chi connectivity index (χ0v) is 14.6. The summed E-state index contributed by atoms with van der Waals surface area (Å²) in [5.41, 5.74) is 0.392. The molecule has 0 heterocycles. The minimum atomic E-state index is -0.675. The molecule has 0 aliphatic heterocycles. The van der Waals surface area contributed by atoms with Gasteiger partial charge in [0.1, 0.15) is 0 Å². The molecule has 0 amide bonds. The SMILES string of the molecule is CC(C)(C)CCCCCC(=O)O.[PbH2]. The molecule has 0 aromatic heterocycles. The summed E-state index contributed by atoms with van der Waals surface area (Å²) < 4.78 is 0. The Morgan fingerprint density at radius 1 is 1.15 bits per heavy atom. The van der Waals surface area contributed by atoms with Crippen LogP contribution in [-0.2, 0) is 4.79 Å². The van der Waals surface area contributed by atoms with Crippen molar-refractivity contribution in [3.05, 3.63) is 0 Å². The number of hydrogen-bond donors (Lipinski definition) is 1. The van der Waals surface area contributed by atoms with Crippen molar-refractivity contribution >= 4 is 33.3 Å². The molecule has 0 aliphatic carbocycles. The van der Waals surface area contributed by atoms with Crippen LogP contribution in [0.1, 0.15) is 52.9 Å². The van der Waals surface area contributed by atoms with E-state index in [9.17, 15) is 4.79 Å². The van der Waals surface area contributed by atoms with Gasteiger partial charge in [-0.25, -0.2) is 0 Å². The predicted molar refractivity (Wildman–Crippen MR) is 58.7 cm³/mol. The molecule has 0 spiro atoms. The third-order valence-corrected chi connectivity index (χ3v) is 1.82. The van der Waals surface area contributed by atoms with E-state index >= 15 is 0 Å². The van der Waals surface area contributed by atoms with Crippen molar-refractivity contribution in [1.82, 2.24) is 0 Å². The van der Waals surface area contributed by atoms with Gasteiger partial charge in [0, 0.05) is 6.42 Å². The summed E-state index contributed by atoms with van der Waals surface area (Å²) in [4.78, 5) is 10.2. The van der Waals surface area contributed by atoms with Crippen LogP contribution in [0, 0.1) is 5.41 Å². The number of rotatable bonds is 5. The van der Waals surface area contributed by atoms with Gasteiger partial charge in [0.25, 0.3) is 0 Å². The summed E-state index contributed by atoms with van der Waals surface area (Å²) in [6.07, 6.45) is 4.53. The molecule has 0 rings (SSSR count). The first kappa shape index (κ1) is 15.8. The van der Waals surface area contributed by atoms with Crippen molar-refractivity contribution in [2.24, 2.45) is 5.41 Å². The Balaban J connectivity index is 0. The topological polar surface area (TPSA) is 37.3 Å². The fourth-order valence-corrected chi connectivity index (χ4v) is 1.11. The van der Waals surface area contributed by atoms with Gasteiger partial charge in [0.15, 0.2) is 0 Å². The summed E-state index contributed by atoms with van der Waals surface area (Å²) in [5.74, 6) is -0.675. The van der Waals surface area contributed by atoms with E-state index in [1.165, 1.54) is 6.42 Å². The molecule has 0 fully saturated rings. The maximum absolute atomic E-state index is 10.2. The van der Waals surface area contributed by atoms with Crippen molar-refractivity contribution in [2.75, 3.05) is 0 Å². The Morgan fingerprint density at radius 2 is 1.69 bits per heavy atom. The van der Waals surface area contributed by atoms with Gasteiger partial charge in [0.05, 0.1) is 0 Å². The van der Waals surface area contributed by atoms with E-state index in [4.69, 9.17) is 5.11 Å². The molecular weight excluding hydrogens is 359 g/mol. The van der Waals surface area contributed by atoms with Crippen LogP contribution in [0.15, 0.2) is 0 Å². The molecule has 0 bridgehead atoms. The zero-order valence-electron chi connectivity index (χ0n) is 9.10. The Labute approximate surface area is 101 Å². The summed E-state index contributed by atoms with van der Waals surface area (Å²) in [6, 6.07) is 0. The molecule has 2 nitrogen and oxygen atoms in total. The third kappa shape index (κ3) is 15.2. The van der Waals surface area contributed by atoms with Crippen LogP contribution in [0.3, 0.4) is 0 Å². The van der Waals surface area contributed by atoms with E-state index in [0.717, 1.165) is 19.3 Å². The van der Waals surface area contributed by atoms with E-state index in [2.05, 4.69) is 20.8 Å². The Hall–Kier alpha value is 0.392. The van der Waals surface area contributed by atoms with E-state index in [1.807, 2.05) is 0 Å². The fraction of sp³-hybridized carbons (Fsp3) is 0.900. The number of carbonyl (C=O) groups is 1. The minimum absolute atomic E-state index is 0. The first-order valence-corrected chi connectivity index (χ1v) is 4.63. The number of hydrogen-bond acceptors (Lipinski definition) is 1.